The molecule has 0 aromatic heterocycles. The van der Waals surface area contributed by atoms with Crippen LogP contribution in [0.25, 0.3) is 0 Å². The first kappa shape index (κ1) is 19.3. The summed E-state index contributed by atoms with van der Waals surface area (Å²) < 4.78 is 4.98. The van der Waals surface area contributed by atoms with Crippen molar-refractivity contribution >= 4 is 29.9 Å². The Kier molecular flexibility index (Phi) is 18.1. The summed E-state index contributed by atoms with van der Waals surface area (Å²) >= 11 is 0. The molecular formula is C12H28IN3O. The third kappa shape index (κ3) is 13.9. The lowest BCUT2D eigenvalue weighted by molar-refractivity contribution is 0.203. The van der Waals surface area contributed by atoms with Crippen LogP contribution in [0, 0.1) is 0 Å². The van der Waals surface area contributed by atoms with E-state index >= 15 is 0 Å². The predicted molar refractivity (Wildman–Crippen MR) is 85.4 cm³/mol. The third-order valence-corrected chi connectivity index (χ3v) is 2.22. The van der Waals surface area contributed by atoms with Gasteiger partial charge in [-0.3, -0.25) is 4.99 Å². The monoisotopic (exact) mass is 357 g/mol. The van der Waals surface area contributed by atoms with Crippen LogP contribution in [0.1, 0.15) is 39.5 Å². The molecule has 0 aliphatic heterocycles. The zero-order valence-electron chi connectivity index (χ0n) is 11.4. The van der Waals surface area contributed by atoms with Crippen LogP contribution in [0.5, 0.6) is 0 Å². The second-order valence-corrected chi connectivity index (χ2v) is 3.74. The van der Waals surface area contributed by atoms with Gasteiger partial charge in [0.05, 0.1) is 6.61 Å². The van der Waals surface area contributed by atoms with Gasteiger partial charge in [-0.2, -0.15) is 0 Å². The second kappa shape index (κ2) is 16.0. The van der Waals surface area contributed by atoms with E-state index in [9.17, 15) is 0 Å². The maximum absolute atomic E-state index is 4.98. The Morgan fingerprint density at radius 1 is 1.12 bits per heavy atom. The number of ether oxygens (including phenoxy) is 1. The Morgan fingerprint density at radius 2 is 1.88 bits per heavy atom. The van der Waals surface area contributed by atoms with Crippen molar-refractivity contribution < 1.29 is 4.74 Å². The highest BCUT2D eigenvalue weighted by molar-refractivity contribution is 14.0. The average molecular weight is 357 g/mol. The van der Waals surface area contributed by atoms with Crippen molar-refractivity contribution in [1.82, 2.24) is 10.6 Å². The molecule has 0 fully saturated rings. The predicted octanol–water partition coefficient (Wildman–Crippen LogP) is 2.39. The van der Waals surface area contributed by atoms with Crippen molar-refractivity contribution in [3.05, 3.63) is 0 Å². The van der Waals surface area contributed by atoms with Crippen LogP contribution in [0.15, 0.2) is 4.99 Å². The summed E-state index contributed by atoms with van der Waals surface area (Å²) in [4.78, 5) is 4.50. The molecule has 4 nitrogen and oxygen atoms in total. The number of rotatable bonds is 9. The molecular weight excluding hydrogens is 329 g/mol. The van der Waals surface area contributed by atoms with Crippen LogP contribution >= 0.6 is 24.0 Å². The maximum Gasteiger partial charge on any atom is 0.191 e. The van der Waals surface area contributed by atoms with Crippen LogP contribution in [0.4, 0.5) is 0 Å². The largest absolute Gasteiger partial charge is 0.383 e. The van der Waals surface area contributed by atoms with Gasteiger partial charge in [0.25, 0.3) is 0 Å². The van der Waals surface area contributed by atoms with E-state index in [0.717, 1.165) is 25.6 Å². The Balaban J connectivity index is 0. The first-order chi connectivity index (χ1) is 7.85. The van der Waals surface area contributed by atoms with Gasteiger partial charge >= 0.3 is 0 Å². The van der Waals surface area contributed by atoms with E-state index in [1.165, 1.54) is 25.7 Å². The van der Waals surface area contributed by atoms with Gasteiger partial charge < -0.3 is 15.4 Å². The maximum atomic E-state index is 4.98. The summed E-state index contributed by atoms with van der Waals surface area (Å²) in [6, 6.07) is 0. The lowest BCUT2D eigenvalue weighted by atomic mass is 10.2. The van der Waals surface area contributed by atoms with E-state index in [1.54, 1.807) is 7.11 Å². The van der Waals surface area contributed by atoms with Gasteiger partial charge in [0.1, 0.15) is 0 Å². The van der Waals surface area contributed by atoms with Gasteiger partial charge in [0, 0.05) is 26.7 Å². The minimum absolute atomic E-state index is 0. The first-order valence-corrected chi connectivity index (χ1v) is 6.36. The van der Waals surface area contributed by atoms with E-state index in [1.807, 2.05) is 0 Å². The summed E-state index contributed by atoms with van der Waals surface area (Å²) in [6.07, 6.45) is 5.03. The van der Waals surface area contributed by atoms with Crippen molar-refractivity contribution in [2.75, 3.05) is 33.4 Å². The van der Waals surface area contributed by atoms with Gasteiger partial charge in [-0.15, -0.1) is 24.0 Å². The van der Waals surface area contributed by atoms with Crippen LogP contribution in [0.2, 0.25) is 0 Å². The molecule has 0 spiro atoms. The Hall–Kier alpha value is -0.0400. The van der Waals surface area contributed by atoms with E-state index in [-0.39, 0.29) is 24.0 Å². The summed E-state index contributed by atoms with van der Waals surface area (Å²) in [7, 11) is 1.70. The molecule has 0 rings (SSSR count). The fourth-order valence-electron chi connectivity index (χ4n) is 1.34. The van der Waals surface area contributed by atoms with Crippen molar-refractivity contribution in [3.63, 3.8) is 0 Å². The molecule has 5 heteroatoms. The van der Waals surface area contributed by atoms with Crippen molar-refractivity contribution in [3.8, 4) is 0 Å². The van der Waals surface area contributed by atoms with Crippen LogP contribution in [-0.2, 0) is 4.74 Å². The van der Waals surface area contributed by atoms with Gasteiger partial charge in [-0.05, 0) is 13.3 Å². The SMILES string of the molecule is CCCCCCN=C(NCC)NCCOC.I. The highest BCUT2D eigenvalue weighted by Crippen LogP contribution is 1.98. The zero-order chi connectivity index (χ0) is 12.1. The number of hydrogen-bond donors (Lipinski definition) is 2. The standard InChI is InChI=1S/C12H27N3O.HI/c1-4-6-7-8-9-14-12(13-5-2)15-10-11-16-3;/h4-11H2,1-3H3,(H2,13,14,15);1H. The van der Waals surface area contributed by atoms with Gasteiger partial charge in [-0.25, -0.2) is 0 Å². The fraction of sp³-hybridized carbons (Fsp3) is 0.917. The Labute approximate surface area is 123 Å². The Morgan fingerprint density at radius 3 is 2.47 bits per heavy atom. The molecule has 2 N–H and O–H groups in total. The van der Waals surface area contributed by atoms with Crippen LogP contribution in [0.3, 0.4) is 0 Å². The molecule has 0 bridgehead atoms. The number of aliphatic imine (C=N–C) groups is 1. The van der Waals surface area contributed by atoms with Gasteiger partial charge in [0.15, 0.2) is 5.96 Å². The van der Waals surface area contributed by atoms with E-state index < -0.39 is 0 Å². The van der Waals surface area contributed by atoms with E-state index in [4.69, 9.17) is 4.74 Å². The lowest BCUT2D eigenvalue weighted by Crippen LogP contribution is -2.39. The molecule has 0 aliphatic rings. The van der Waals surface area contributed by atoms with Crippen molar-refractivity contribution in [2.24, 2.45) is 4.99 Å². The highest BCUT2D eigenvalue weighted by Gasteiger charge is 1.95. The topological polar surface area (TPSA) is 45.7 Å². The second-order valence-electron chi connectivity index (χ2n) is 3.74. The number of methoxy groups -OCH3 is 1. The average Bonchev–Trinajstić information content (AvgIpc) is 2.29. The summed E-state index contributed by atoms with van der Waals surface area (Å²) in [5.74, 6) is 0.899. The number of nitrogens with zero attached hydrogens (tertiary/aromatic N) is 1. The molecule has 17 heavy (non-hydrogen) atoms. The van der Waals surface area contributed by atoms with E-state index in [0.29, 0.717) is 6.61 Å². The Bertz CT molecular complexity index is 177. The number of guanidine groups is 1. The smallest absolute Gasteiger partial charge is 0.191 e. The highest BCUT2D eigenvalue weighted by atomic mass is 127. The van der Waals surface area contributed by atoms with E-state index in [2.05, 4.69) is 29.5 Å². The fourth-order valence-corrected chi connectivity index (χ4v) is 1.34. The quantitative estimate of drug-likeness (QED) is 0.288. The number of nitrogens with one attached hydrogen (secondary N) is 2. The zero-order valence-corrected chi connectivity index (χ0v) is 13.8. The molecule has 0 unspecified atom stereocenters. The minimum atomic E-state index is 0. The van der Waals surface area contributed by atoms with Crippen molar-refractivity contribution in [2.45, 2.75) is 39.5 Å². The van der Waals surface area contributed by atoms with Crippen molar-refractivity contribution in [1.29, 1.82) is 0 Å². The number of hydrogen-bond acceptors (Lipinski definition) is 2. The molecule has 0 aromatic carbocycles. The van der Waals surface area contributed by atoms with Crippen LogP contribution in [-0.4, -0.2) is 39.3 Å². The molecule has 0 saturated heterocycles. The molecule has 0 radical (unpaired) electrons. The molecule has 0 amide bonds. The van der Waals surface area contributed by atoms with Crippen LogP contribution < -0.4 is 10.6 Å². The molecule has 0 atom stereocenters. The number of unbranched alkanes of at least 4 members (excludes halogenated alkanes) is 3. The third-order valence-electron chi connectivity index (χ3n) is 2.22. The molecule has 0 heterocycles. The molecule has 104 valence electrons. The molecule has 0 aromatic rings. The summed E-state index contributed by atoms with van der Waals surface area (Å²) in [5, 5.41) is 6.44. The van der Waals surface area contributed by atoms with Gasteiger partial charge in [0.2, 0.25) is 0 Å². The summed E-state index contributed by atoms with van der Waals surface area (Å²) in [6.45, 7) is 7.61. The summed E-state index contributed by atoms with van der Waals surface area (Å²) in [5.41, 5.74) is 0. The normalized spacial score (nSPS) is 10.9. The van der Waals surface area contributed by atoms with Gasteiger partial charge in [-0.1, -0.05) is 26.2 Å². The lowest BCUT2D eigenvalue weighted by Gasteiger charge is -2.10. The molecule has 0 aliphatic carbocycles. The number of halogens is 1. The first-order valence-electron chi connectivity index (χ1n) is 6.36. The molecule has 0 saturated carbocycles. The minimum Gasteiger partial charge on any atom is -0.383 e.